The molecule has 15 rings (SSSR count). The Balaban J connectivity index is 1.19. The molecule has 0 saturated heterocycles. The van der Waals surface area contributed by atoms with Crippen LogP contribution in [-0.2, 0) is 10.8 Å². The molecule has 0 bridgehead atoms. The Hall–Kier alpha value is -7.36. The number of hydrogen-bond donors (Lipinski definition) is 0. The number of hydrogen-bond acceptors (Lipinski definition) is 0. The summed E-state index contributed by atoms with van der Waals surface area (Å²) >= 11 is 0. The Morgan fingerprint density at radius 1 is 0.323 bits per heavy atom. The SMILES string of the molecule is CC(C)(C)c1cc2c3c(c1)c1c4c5ccccc5c5ccccc5c4ccc1n3-c1cccc3c1B2c1cc(C(C)(C)C)cc2c4ccc5c6ccccc6c6ccccc6c5c4n-3c12. The minimum Gasteiger partial charge on any atom is -0.310 e. The van der Waals surface area contributed by atoms with Crippen LogP contribution in [0.1, 0.15) is 52.7 Å². The summed E-state index contributed by atoms with van der Waals surface area (Å²) < 4.78 is 5.36. The summed E-state index contributed by atoms with van der Waals surface area (Å²) in [6.07, 6.45) is 0. The lowest BCUT2D eigenvalue weighted by atomic mass is 9.34. The Kier molecular flexibility index (Phi) is 6.57. The molecule has 0 unspecified atom stereocenters. The van der Waals surface area contributed by atoms with Crippen LogP contribution in [0, 0.1) is 0 Å². The molecule has 13 aromatic rings. The number of fused-ring (bicyclic) bond motifs is 24. The normalized spacial score (nSPS) is 13.7. The van der Waals surface area contributed by atoms with Crippen molar-refractivity contribution < 1.29 is 0 Å². The van der Waals surface area contributed by atoms with Crippen LogP contribution in [0.25, 0.3) is 120 Å². The smallest absolute Gasteiger partial charge is 0.252 e. The van der Waals surface area contributed by atoms with Crippen molar-refractivity contribution in [3.8, 4) is 11.4 Å². The predicted molar refractivity (Wildman–Crippen MR) is 282 cm³/mol. The summed E-state index contributed by atoms with van der Waals surface area (Å²) in [6.45, 7) is 14.4. The van der Waals surface area contributed by atoms with Crippen molar-refractivity contribution in [3.05, 3.63) is 175 Å². The van der Waals surface area contributed by atoms with Crippen molar-refractivity contribution in [2.24, 2.45) is 0 Å². The van der Waals surface area contributed by atoms with Gasteiger partial charge in [0.05, 0.1) is 11.0 Å². The third-order valence-electron chi connectivity index (χ3n) is 15.7. The van der Waals surface area contributed by atoms with Crippen molar-refractivity contribution in [1.82, 2.24) is 9.13 Å². The highest BCUT2D eigenvalue weighted by atomic mass is 15.0. The van der Waals surface area contributed by atoms with Gasteiger partial charge in [0.1, 0.15) is 0 Å². The molecule has 3 heteroatoms. The van der Waals surface area contributed by atoms with Crippen molar-refractivity contribution in [2.75, 3.05) is 0 Å². The van der Waals surface area contributed by atoms with E-state index in [0.717, 1.165) is 0 Å². The fourth-order valence-electron chi connectivity index (χ4n) is 12.8. The van der Waals surface area contributed by atoms with Gasteiger partial charge in [-0.3, -0.25) is 0 Å². The van der Waals surface area contributed by atoms with Crippen molar-refractivity contribution >= 4 is 131 Å². The minimum atomic E-state index is -0.0762. The standard InChI is InChI=1S/C62H45BN2/c1-61(2,3)34-30-47-46-27-26-45-41-21-10-8-17-37(41)39-19-12-14-23-43(39)55(45)60(46)65-53-25-15-24-52-57(53)63(49(32-34)58(47)65)50-33-35(62(4,5)6)31-48-56-51(64(52)59(48)50)29-28-44-40-20-9-7-16-36(40)38-18-11-13-22-42(38)54(44)56/h7-33H,1-6H3. The van der Waals surface area contributed by atoms with Gasteiger partial charge in [0.25, 0.3) is 6.71 Å². The highest BCUT2D eigenvalue weighted by Gasteiger charge is 2.42. The van der Waals surface area contributed by atoms with Crippen LogP contribution in [0.5, 0.6) is 0 Å². The fourth-order valence-corrected chi connectivity index (χ4v) is 12.8. The van der Waals surface area contributed by atoms with Crippen LogP contribution < -0.4 is 16.4 Å². The van der Waals surface area contributed by atoms with Gasteiger partial charge in [0.15, 0.2) is 0 Å². The second-order valence-electron chi connectivity index (χ2n) is 21.2. The molecule has 0 spiro atoms. The summed E-state index contributed by atoms with van der Waals surface area (Å²) in [7, 11) is 0. The van der Waals surface area contributed by atoms with Gasteiger partial charge in [-0.15, -0.1) is 0 Å². The molecule has 0 atom stereocenters. The largest absolute Gasteiger partial charge is 0.310 e. The fraction of sp³-hybridized carbons (Fsp3) is 0.129. The summed E-state index contributed by atoms with van der Waals surface area (Å²) in [5.74, 6) is 0. The number of rotatable bonds is 0. The van der Waals surface area contributed by atoms with Gasteiger partial charge < -0.3 is 9.13 Å². The molecule has 2 aliphatic heterocycles. The lowest BCUT2D eigenvalue weighted by Gasteiger charge is -2.35. The molecule has 2 nitrogen and oxygen atoms in total. The second kappa shape index (κ2) is 11.9. The average Bonchev–Trinajstić information content (AvgIpc) is 3.85. The molecule has 11 aromatic carbocycles. The average molecular weight is 829 g/mol. The van der Waals surface area contributed by atoms with E-state index in [0.29, 0.717) is 0 Å². The molecule has 0 radical (unpaired) electrons. The van der Waals surface area contributed by atoms with E-state index in [2.05, 4.69) is 214 Å². The van der Waals surface area contributed by atoms with E-state index < -0.39 is 0 Å². The molecular weight excluding hydrogens is 784 g/mol. The van der Waals surface area contributed by atoms with Crippen LogP contribution in [0.15, 0.2) is 164 Å². The number of aromatic nitrogens is 2. The highest BCUT2D eigenvalue weighted by Crippen LogP contribution is 2.48. The molecule has 2 aliphatic rings. The van der Waals surface area contributed by atoms with Gasteiger partial charge in [-0.05, 0) is 123 Å². The summed E-state index contributed by atoms with van der Waals surface area (Å²) in [4.78, 5) is 0. The molecule has 2 aromatic heterocycles. The Bertz CT molecular complexity index is 4290. The van der Waals surface area contributed by atoms with Crippen molar-refractivity contribution in [3.63, 3.8) is 0 Å². The first-order valence-corrected chi connectivity index (χ1v) is 23.4. The monoisotopic (exact) mass is 828 g/mol. The summed E-state index contributed by atoms with van der Waals surface area (Å²) in [5.41, 5.74) is 14.7. The van der Waals surface area contributed by atoms with Gasteiger partial charge in [-0.1, -0.05) is 175 Å². The van der Waals surface area contributed by atoms with Gasteiger partial charge in [0.2, 0.25) is 0 Å². The summed E-state index contributed by atoms with van der Waals surface area (Å²) in [5, 5.41) is 21.1. The van der Waals surface area contributed by atoms with Gasteiger partial charge in [0, 0.05) is 54.7 Å². The molecular formula is C62H45BN2. The van der Waals surface area contributed by atoms with Crippen LogP contribution in [0.2, 0.25) is 0 Å². The van der Waals surface area contributed by atoms with E-state index in [1.54, 1.807) is 0 Å². The van der Waals surface area contributed by atoms with Crippen molar-refractivity contribution in [2.45, 2.75) is 52.4 Å². The first-order valence-electron chi connectivity index (χ1n) is 23.4. The van der Waals surface area contributed by atoms with Gasteiger partial charge >= 0.3 is 0 Å². The van der Waals surface area contributed by atoms with E-state index in [-0.39, 0.29) is 17.5 Å². The maximum atomic E-state index is 2.70. The lowest BCUT2D eigenvalue weighted by Crippen LogP contribution is -2.59. The zero-order valence-electron chi connectivity index (χ0n) is 37.6. The van der Waals surface area contributed by atoms with Gasteiger partial charge in [-0.2, -0.15) is 0 Å². The maximum Gasteiger partial charge on any atom is 0.252 e. The van der Waals surface area contributed by atoms with Crippen LogP contribution in [0.3, 0.4) is 0 Å². The van der Waals surface area contributed by atoms with E-state index >= 15 is 0 Å². The molecule has 306 valence electrons. The third kappa shape index (κ3) is 4.37. The zero-order valence-corrected chi connectivity index (χ0v) is 37.6. The Labute approximate surface area is 377 Å². The first-order chi connectivity index (χ1) is 31.6. The highest BCUT2D eigenvalue weighted by molar-refractivity contribution is 7.00. The first kappa shape index (κ1) is 36.0. The molecule has 4 heterocycles. The third-order valence-corrected chi connectivity index (χ3v) is 15.7. The van der Waals surface area contributed by atoms with E-state index in [4.69, 9.17) is 0 Å². The van der Waals surface area contributed by atoms with Crippen molar-refractivity contribution in [1.29, 1.82) is 0 Å². The van der Waals surface area contributed by atoms with E-state index in [9.17, 15) is 0 Å². The second-order valence-corrected chi connectivity index (χ2v) is 21.2. The molecule has 0 fully saturated rings. The molecule has 0 saturated carbocycles. The Morgan fingerprint density at radius 3 is 1.29 bits per heavy atom. The predicted octanol–water partition coefficient (Wildman–Crippen LogP) is 14.5. The van der Waals surface area contributed by atoms with Crippen LogP contribution in [-0.4, -0.2) is 15.8 Å². The van der Waals surface area contributed by atoms with E-state index in [1.807, 2.05) is 0 Å². The zero-order chi connectivity index (χ0) is 43.4. The minimum absolute atomic E-state index is 0.0390. The Morgan fingerprint density at radius 2 is 0.738 bits per heavy atom. The maximum absolute atomic E-state index is 2.70. The summed E-state index contributed by atoms with van der Waals surface area (Å²) in [6, 6.07) is 63.3. The molecule has 0 N–H and O–H groups in total. The number of benzene rings is 11. The lowest BCUT2D eigenvalue weighted by molar-refractivity contribution is 0.591. The molecule has 0 aliphatic carbocycles. The van der Waals surface area contributed by atoms with Crippen LogP contribution >= 0.6 is 0 Å². The van der Waals surface area contributed by atoms with E-state index in [1.165, 1.54) is 147 Å². The molecule has 0 amide bonds. The quantitative estimate of drug-likeness (QED) is 0.106. The number of nitrogens with zero attached hydrogens (tertiary/aromatic N) is 2. The van der Waals surface area contributed by atoms with Crippen LogP contribution in [0.4, 0.5) is 0 Å². The topological polar surface area (TPSA) is 9.86 Å². The molecule has 65 heavy (non-hydrogen) atoms. The van der Waals surface area contributed by atoms with Gasteiger partial charge in [-0.25, -0.2) is 0 Å².